The van der Waals surface area contributed by atoms with Crippen molar-refractivity contribution in [3.8, 4) is 5.75 Å². The molecule has 1 N–H and O–H groups in total. The van der Waals surface area contributed by atoms with Crippen LogP contribution in [0.4, 0.5) is 10.1 Å². The minimum absolute atomic E-state index is 0.0720. The second-order valence-corrected chi connectivity index (χ2v) is 10.9. The Kier molecular flexibility index (Phi) is 8.66. The van der Waals surface area contributed by atoms with Crippen LogP contribution in [0.25, 0.3) is 0 Å². The Morgan fingerprint density at radius 2 is 1.62 bits per heavy atom. The van der Waals surface area contributed by atoms with Gasteiger partial charge in [-0.25, -0.2) is 12.8 Å². The van der Waals surface area contributed by atoms with Gasteiger partial charge in [-0.05, 0) is 69.7 Å². The molecular weight excluding hydrogens is 461 g/mol. The Morgan fingerprint density at radius 3 is 2.09 bits per heavy atom. The zero-order valence-electron chi connectivity index (χ0n) is 20.3. The van der Waals surface area contributed by atoms with Crippen molar-refractivity contribution in [2.24, 2.45) is 0 Å². The van der Waals surface area contributed by atoms with E-state index in [1.807, 2.05) is 20.8 Å². The van der Waals surface area contributed by atoms with Gasteiger partial charge in [-0.2, -0.15) is 0 Å². The number of nitrogens with zero attached hydrogens (tertiary/aromatic N) is 2. The molecule has 34 heavy (non-hydrogen) atoms. The lowest BCUT2D eigenvalue weighted by Crippen LogP contribution is -2.54. The number of ether oxygens (including phenoxy) is 1. The van der Waals surface area contributed by atoms with E-state index in [9.17, 15) is 22.4 Å². The molecule has 2 amide bonds. The first-order valence-electron chi connectivity index (χ1n) is 10.7. The molecule has 0 fully saturated rings. The van der Waals surface area contributed by atoms with E-state index < -0.39 is 39.9 Å². The highest BCUT2D eigenvalue weighted by molar-refractivity contribution is 7.92. The van der Waals surface area contributed by atoms with Crippen molar-refractivity contribution in [2.75, 3.05) is 24.2 Å². The molecule has 8 nitrogen and oxygen atoms in total. The molecule has 0 bridgehead atoms. The number of methoxy groups -OCH3 is 1. The Balaban J connectivity index is 2.38. The molecule has 1 atom stereocenters. The van der Waals surface area contributed by atoms with Gasteiger partial charge in [0.2, 0.25) is 21.8 Å². The van der Waals surface area contributed by atoms with Crippen molar-refractivity contribution < 1.29 is 27.1 Å². The van der Waals surface area contributed by atoms with Crippen LogP contribution in [-0.2, 0) is 26.2 Å². The number of anilines is 1. The maximum atomic E-state index is 13.4. The quantitative estimate of drug-likeness (QED) is 0.580. The fraction of sp³-hybridized carbons (Fsp3) is 0.417. The Labute approximate surface area is 200 Å². The minimum atomic E-state index is -3.87. The molecule has 0 unspecified atom stereocenters. The molecule has 0 heterocycles. The number of sulfonamides is 1. The summed E-state index contributed by atoms with van der Waals surface area (Å²) in [6, 6.07) is 10.9. The Morgan fingerprint density at radius 1 is 1.06 bits per heavy atom. The summed E-state index contributed by atoms with van der Waals surface area (Å²) < 4.78 is 44.4. The lowest BCUT2D eigenvalue weighted by atomic mass is 10.1. The van der Waals surface area contributed by atoms with Crippen molar-refractivity contribution >= 4 is 27.5 Å². The highest BCUT2D eigenvalue weighted by Gasteiger charge is 2.31. The molecule has 0 aliphatic carbocycles. The molecule has 0 radical (unpaired) electrons. The summed E-state index contributed by atoms with van der Waals surface area (Å²) in [4.78, 5) is 27.6. The van der Waals surface area contributed by atoms with Gasteiger partial charge in [-0.3, -0.25) is 13.9 Å². The average molecular weight is 494 g/mol. The predicted octanol–water partition coefficient (Wildman–Crippen LogP) is 2.93. The standard InChI is InChI=1S/C24H32FN3O5S/c1-17(23(30)26-24(2,3)4)27(15-18-7-13-21(33-5)14-8-18)22(29)16-28(34(6,31)32)20-11-9-19(25)10-12-20/h7-14,17H,15-16H2,1-6H3,(H,26,30)/t17-/m0/s1. The average Bonchev–Trinajstić information content (AvgIpc) is 2.74. The van der Waals surface area contributed by atoms with Gasteiger partial charge in [-0.15, -0.1) is 0 Å². The molecule has 0 aromatic heterocycles. The van der Waals surface area contributed by atoms with Crippen LogP contribution < -0.4 is 14.4 Å². The number of carbonyl (C=O) groups is 2. The molecule has 0 spiro atoms. The highest BCUT2D eigenvalue weighted by atomic mass is 32.2. The first kappa shape index (κ1) is 27.1. The maximum Gasteiger partial charge on any atom is 0.244 e. The monoisotopic (exact) mass is 493 g/mol. The summed E-state index contributed by atoms with van der Waals surface area (Å²) in [6.07, 6.45) is 0.965. The lowest BCUT2D eigenvalue weighted by Gasteiger charge is -2.33. The fourth-order valence-corrected chi connectivity index (χ4v) is 4.05. The van der Waals surface area contributed by atoms with Gasteiger partial charge in [0.05, 0.1) is 19.1 Å². The summed E-state index contributed by atoms with van der Waals surface area (Å²) in [5, 5.41) is 2.85. The van der Waals surface area contributed by atoms with Crippen molar-refractivity contribution in [3.05, 3.63) is 59.9 Å². The molecule has 2 rings (SSSR count). The second-order valence-electron chi connectivity index (χ2n) is 9.03. The van der Waals surface area contributed by atoms with E-state index in [0.29, 0.717) is 5.75 Å². The topological polar surface area (TPSA) is 96.0 Å². The molecule has 2 aromatic carbocycles. The van der Waals surface area contributed by atoms with Gasteiger partial charge < -0.3 is 15.0 Å². The van der Waals surface area contributed by atoms with Gasteiger partial charge in [-0.1, -0.05) is 12.1 Å². The van der Waals surface area contributed by atoms with Crippen molar-refractivity contribution in [3.63, 3.8) is 0 Å². The third kappa shape index (κ3) is 7.72. The third-order valence-corrected chi connectivity index (χ3v) is 6.11. The largest absolute Gasteiger partial charge is 0.497 e. The predicted molar refractivity (Wildman–Crippen MR) is 129 cm³/mol. The number of rotatable bonds is 9. The van der Waals surface area contributed by atoms with Crippen molar-refractivity contribution in [2.45, 2.75) is 45.8 Å². The van der Waals surface area contributed by atoms with E-state index in [2.05, 4.69) is 5.32 Å². The Bertz CT molecular complexity index is 1100. The van der Waals surface area contributed by atoms with Crippen LogP contribution in [0.2, 0.25) is 0 Å². The third-order valence-electron chi connectivity index (χ3n) is 4.97. The molecule has 2 aromatic rings. The number of nitrogens with one attached hydrogen (secondary N) is 1. The van der Waals surface area contributed by atoms with E-state index in [-0.39, 0.29) is 18.1 Å². The zero-order chi connectivity index (χ0) is 25.7. The summed E-state index contributed by atoms with van der Waals surface area (Å²) >= 11 is 0. The van der Waals surface area contributed by atoms with Crippen LogP contribution in [-0.4, -0.2) is 56.6 Å². The van der Waals surface area contributed by atoms with E-state index >= 15 is 0 Å². The van der Waals surface area contributed by atoms with Crippen LogP contribution in [0.15, 0.2) is 48.5 Å². The number of benzene rings is 2. The maximum absolute atomic E-state index is 13.4. The molecule has 0 aliphatic rings. The zero-order valence-corrected chi connectivity index (χ0v) is 21.1. The second kappa shape index (κ2) is 10.9. The van der Waals surface area contributed by atoms with Gasteiger partial charge >= 0.3 is 0 Å². The summed E-state index contributed by atoms with van der Waals surface area (Å²) in [6.45, 7) is 6.59. The van der Waals surface area contributed by atoms with Crippen molar-refractivity contribution in [1.82, 2.24) is 10.2 Å². The number of halogens is 1. The number of carbonyl (C=O) groups excluding carboxylic acids is 2. The van der Waals surface area contributed by atoms with Crippen LogP contribution in [0.3, 0.4) is 0 Å². The van der Waals surface area contributed by atoms with Gasteiger partial charge in [0.1, 0.15) is 24.2 Å². The number of amides is 2. The Hall–Kier alpha value is -3.14. The van der Waals surface area contributed by atoms with E-state index in [1.165, 1.54) is 17.0 Å². The van der Waals surface area contributed by atoms with Gasteiger partial charge in [0.25, 0.3) is 0 Å². The molecule has 0 saturated heterocycles. The molecule has 0 aliphatic heterocycles. The van der Waals surface area contributed by atoms with Crippen molar-refractivity contribution in [1.29, 1.82) is 0 Å². The summed E-state index contributed by atoms with van der Waals surface area (Å²) in [5.41, 5.74) is 0.360. The molecule has 0 saturated carbocycles. The minimum Gasteiger partial charge on any atom is -0.497 e. The first-order valence-corrected chi connectivity index (χ1v) is 12.5. The SMILES string of the molecule is COc1ccc(CN(C(=O)CN(c2ccc(F)cc2)S(C)(=O)=O)[C@@H](C)C(=O)NC(C)(C)C)cc1. The fourth-order valence-electron chi connectivity index (χ4n) is 3.21. The van der Waals surface area contributed by atoms with Gasteiger partial charge in [0.15, 0.2) is 0 Å². The normalized spacial score (nSPS) is 12.6. The number of hydrogen-bond acceptors (Lipinski definition) is 5. The van der Waals surface area contributed by atoms with Crippen LogP contribution >= 0.6 is 0 Å². The summed E-state index contributed by atoms with van der Waals surface area (Å²) in [5.74, 6) is -0.846. The molecule has 186 valence electrons. The van der Waals surface area contributed by atoms with Crippen LogP contribution in [0.1, 0.15) is 33.3 Å². The van der Waals surface area contributed by atoms with Crippen LogP contribution in [0.5, 0.6) is 5.75 Å². The number of hydrogen-bond donors (Lipinski definition) is 1. The van der Waals surface area contributed by atoms with Crippen LogP contribution in [0, 0.1) is 5.82 Å². The van der Waals surface area contributed by atoms with E-state index in [4.69, 9.17) is 4.74 Å². The molecular formula is C24H32FN3O5S. The highest BCUT2D eigenvalue weighted by Crippen LogP contribution is 2.20. The van der Waals surface area contributed by atoms with Gasteiger partial charge in [0, 0.05) is 12.1 Å². The lowest BCUT2D eigenvalue weighted by molar-refractivity contribution is -0.140. The molecule has 10 heteroatoms. The first-order chi connectivity index (χ1) is 15.7. The smallest absolute Gasteiger partial charge is 0.244 e. The van der Waals surface area contributed by atoms with E-state index in [0.717, 1.165) is 28.3 Å². The summed E-state index contributed by atoms with van der Waals surface area (Å²) in [7, 11) is -2.33. The van der Waals surface area contributed by atoms with E-state index in [1.54, 1.807) is 38.3 Å².